The average molecular weight is 248 g/mol. The second kappa shape index (κ2) is 5.98. The molecule has 1 aliphatic rings. The Kier molecular flexibility index (Phi) is 5.21. The summed E-state index contributed by atoms with van der Waals surface area (Å²) in [6.45, 7) is 4.59. The van der Waals surface area contributed by atoms with Crippen molar-refractivity contribution in [1.82, 2.24) is 4.90 Å². The number of hydrogen-bond donors (Lipinski definition) is 1. The highest BCUT2D eigenvalue weighted by atomic mass is 32.2. The molecule has 1 rings (SSSR count). The molecule has 1 aliphatic carbocycles. The normalized spacial score (nSPS) is 27.2. The van der Waals surface area contributed by atoms with Gasteiger partial charge in [0.2, 0.25) is 0 Å². The van der Waals surface area contributed by atoms with Crippen molar-refractivity contribution in [2.75, 3.05) is 25.9 Å². The van der Waals surface area contributed by atoms with Crippen molar-refractivity contribution in [3.63, 3.8) is 0 Å². The Morgan fingerprint density at radius 1 is 1.38 bits per heavy atom. The molecule has 0 aromatic heterocycles. The monoisotopic (exact) mass is 248 g/mol. The van der Waals surface area contributed by atoms with E-state index in [0.717, 1.165) is 38.8 Å². The second-order valence-corrected chi connectivity index (χ2v) is 7.01. The Morgan fingerprint density at radius 3 is 2.56 bits per heavy atom. The Morgan fingerprint density at radius 2 is 2.06 bits per heavy atom. The SMILES string of the molecule is CCN(CCN)C1CCCC(S(C)(=O)=O)C1. The standard InChI is InChI=1S/C11H24N2O2S/c1-3-13(8-7-12)10-5-4-6-11(9-10)16(2,14)15/h10-11H,3-9,12H2,1-2H3. The molecule has 0 heterocycles. The average Bonchev–Trinajstić information content (AvgIpc) is 2.25. The maximum atomic E-state index is 11.6. The van der Waals surface area contributed by atoms with Gasteiger partial charge >= 0.3 is 0 Å². The van der Waals surface area contributed by atoms with E-state index in [1.807, 2.05) is 0 Å². The van der Waals surface area contributed by atoms with Gasteiger partial charge in [-0.25, -0.2) is 8.42 Å². The molecule has 0 saturated heterocycles. The number of nitrogens with two attached hydrogens (primary N) is 1. The third-order valence-corrected chi connectivity index (χ3v) is 5.18. The van der Waals surface area contributed by atoms with E-state index in [1.54, 1.807) is 0 Å². The van der Waals surface area contributed by atoms with E-state index in [2.05, 4.69) is 11.8 Å². The second-order valence-electron chi connectivity index (χ2n) is 4.69. The fraction of sp³-hybridized carbons (Fsp3) is 1.00. The molecule has 0 aromatic carbocycles. The van der Waals surface area contributed by atoms with Gasteiger partial charge in [0.15, 0.2) is 0 Å². The molecule has 0 aliphatic heterocycles. The van der Waals surface area contributed by atoms with E-state index >= 15 is 0 Å². The molecule has 2 atom stereocenters. The van der Waals surface area contributed by atoms with Gasteiger partial charge < -0.3 is 5.73 Å². The van der Waals surface area contributed by atoms with Crippen LogP contribution >= 0.6 is 0 Å². The summed E-state index contributed by atoms with van der Waals surface area (Å²) in [7, 11) is -2.87. The van der Waals surface area contributed by atoms with Crippen molar-refractivity contribution in [2.45, 2.75) is 43.9 Å². The summed E-state index contributed by atoms with van der Waals surface area (Å²) in [4.78, 5) is 2.32. The zero-order valence-electron chi connectivity index (χ0n) is 10.4. The first-order valence-corrected chi connectivity index (χ1v) is 8.07. The molecule has 16 heavy (non-hydrogen) atoms. The number of rotatable bonds is 5. The zero-order chi connectivity index (χ0) is 12.2. The Balaban J connectivity index is 2.62. The minimum absolute atomic E-state index is 0.141. The smallest absolute Gasteiger partial charge is 0.150 e. The highest BCUT2D eigenvalue weighted by Gasteiger charge is 2.31. The van der Waals surface area contributed by atoms with Crippen LogP contribution in [0, 0.1) is 0 Å². The lowest BCUT2D eigenvalue weighted by atomic mass is 9.93. The van der Waals surface area contributed by atoms with Crippen molar-refractivity contribution in [3.8, 4) is 0 Å². The number of nitrogens with zero attached hydrogens (tertiary/aromatic N) is 1. The van der Waals surface area contributed by atoms with Crippen molar-refractivity contribution in [1.29, 1.82) is 0 Å². The van der Waals surface area contributed by atoms with Gasteiger partial charge in [0.1, 0.15) is 9.84 Å². The summed E-state index contributed by atoms with van der Waals surface area (Å²) < 4.78 is 23.1. The molecular formula is C11H24N2O2S. The predicted octanol–water partition coefficient (Wildman–Crippen LogP) is 0.623. The highest BCUT2D eigenvalue weighted by Crippen LogP contribution is 2.27. The Bertz CT molecular complexity index is 303. The van der Waals surface area contributed by atoms with Crippen molar-refractivity contribution in [2.24, 2.45) is 5.73 Å². The summed E-state index contributed by atoms with van der Waals surface area (Å²) in [5.74, 6) is 0. The molecule has 0 amide bonds. The molecular weight excluding hydrogens is 224 g/mol. The minimum atomic E-state index is -2.87. The molecule has 0 bridgehead atoms. The molecule has 96 valence electrons. The van der Waals surface area contributed by atoms with E-state index in [0.29, 0.717) is 12.6 Å². The first kappa shape index (κ1) is 13.9. The van der Waals surface area contributed by atoms with Crippen LogP contribution in [0.2, 0.25) is 0 Å². The summed E-state index contributed by atoms with van der Waals surface area (Å²) in [6.07, 6.45) is 5.10. The van der Waals surface area contributed by atoms with Gasteiger partial charge in [0.05, 0.1) is 5.25 Å². The van der Waals surface area contributed by atoms with Gasteiger partial charge in [-0.05, 0) is 25.8 Å². The Labute approximate surface area is 99.1 Å². The number of sulfone groups is 1. The van der Waals surface area contributed by atoms with Crippen LogP contribution in [-0.2, 0) is 9.84 Å². The quantitative estimate of drug-likeness (QED) is 0.775. The molecule has 5 heteroatoms. The van der Waals surface area contributed by atoms with Crippen molar-refractivity contribution in [3.05, 3.63) is 0 Å². The summed E-state index contributed by atoms with van der Waals surface area (Å²) in [5, 5.41) is -0.141. The van der Waals surface area contributed by atoms with Crippen LogP contribution in [0.5, 0.6) is 0 Å². The molecule has 2 N–H and O–H groups in total. The van der Waals surface area contributed by atoms with Crippen LogP contribution in [0.25, 0.3) is 0 Å². The lowest BCUT2D eigenvalue weighted by molar-refractivity contribution is 0.169. The maximum absolute atomic E-state index is 11.6. The largest absolute Gasteiger partial charge is 0.329 e. The fourth-order valence-electron chi connectivity index (χ4n) is 2.61. The molecule has 1 fully saturated rings. The predicted molar refractivity (Wildman–Crippen MR) is 67.2 cm³/mol. The van der Waals surface area contributed by atoms with E-state index in [4.69, 9.17) is 5.73 Å². The van der Waals surface area contributed by atoms with Gasteiger partial charge in [0.25, 0.3) is 0 Å². The topological polar surface area (TPSA) is 63.4 Å². The molecule has 0 radical (unpaired) electrons. The Hall–Kier alpha value is -0.130. The first-order chi connectivity index (χ1) is 7.49. The van der Waals surface area contributed by atoms with Crippen LogP contribution in [0.1, 0.15) is 32.6 Å². The summed E-state index contributed by atoms with van der Waals surface area (Å²) >= 11 is 0. The van der Waals surface area contributed by atoms with Crippen LogP contribution in [0.4, 0.5) is 0 Å². The van der Waals surface area contributed by atoms with E-state index in [1.165, 1.54) is 6.26 Å². The molecule has 1 saturated carbocycles. The van der Waals surface area contributed by atoms with Crippen LogP contribution in [-0.4, -0.2) is 50.5 Å². The fourth-order valence-corrected chi connectivity index (χ4v) is 3.77. The van der Waals surface area contributed by atoms with Gasteiger partial charge in [-0.15, -0.1) is 0 Å². The highest BCUT2D eigenvalue weighted by molar-refractivity contribution is 7.91. The van der Waals surface area contributed by atoms with Gasteiger partial charge in [-0.3, -0.25) is 4.90 Å². The molecule has 0 spiro atoms. The van der Waals surface area contributed by atoms with Crippen molar-refractivity contribution < 1.29 is 8.42 Å². The number of likely N-dealkylation sites (N-methyl/N-ethyl adjacent to an activating group) is 1. The molecule has 4 nitrogen and oxygen atoms in total. The van der Waals surface area contributed by atoms with Crippen LogP contribution in [0.15, 0.2) is 0 Å². The van der Waals surface area contributed by atoms with Crippen molar-refractivity contribution >= 4 is 9.84 Å². The number of hydrogen-bond acceptors (Lipinski definition) is 4. The van der Waals surface area contributed by atoms with E-state index in [-0.39, 0.29) is 5.25 Å². The maximum Gasteiger partial charge on any atom is 0.150 e. The molecule has 2 unspecified atom stereocenters. The first-order valence-electron chi connectivity index (χ1n) is 6.12. The molecule has 0 aromatic rings. The minimum Gasteiger partial charge on any atom is -0.329 e. The van der Waals surface area contributed by atoms with Gasteiger partial charge in [-0.2, -0.15) is 0 Å². The van der Waals surface area contributed by atoms with Crippen LogP contribution < -0.4 is 5.73 Å². The third-order valence-electron chi connectivity index (χ3n) is 3.54. The van der Waals surface area contributed by atoms with Crippen LogP contribution in [0.3, 0.4) is 0 Å². The summed E-state index contributed by atoms with van der Waals surface area (Å²) in [5.41, 5.74) is 5.57. The van der Waals surface area contributed by atoms with Gasteiger partial charge in [0, 0.05) is 25.4 Å². The summed E-state index contributed by atoms with van der Waals surface area (Å²) in [6, 6.07) is 0.405. The lowest BCUT2D eigenvalue weighted by Gasteiger charge is -2.36. The van der Waals surface area contributed by atoms with E-state index < -0.39 is 9.84 Å². The van der Waals surface area contributed by atoms with Gasteiger partial charge in [-0.1, -0.05) is 13.3 Å². The third kappa shape index (κ3) is 3.71. The van der Waals surface area contributed by atoms with E-state index in [9.17, 15) is 8.42 Å². The zero-order valence-corrected chi connectivity index (χ0v) is 11.2. The lowest BCUT2D eigenvalue weighted by Crippen LogP contribution is -2.44.